The molecular weight excluding hydrogens is 212 g/mol. The first-order valence-electron chi connectivity index (χ1n) is 6.18. The number of nitrogens with zero attached hydrogens (tertiary/aromatic N) is 1. The number of piperidine rings is 1. The monoisotopic (exact) mass is 232 g/mol. The molecule has 92 valence electrons. The van der Waals surface area contributed by atoms with Crippen molar-refractivity contribution >= 4 is 5.57 Å². The standard InChI is InChI=1S/C14H20N2O/c1-10(2)13-5-4-6-14(16-13)17-12-8-7-11(3)15-9-12/h4-6,11-12,15H,1,7-9H2,2-3H3/t11-,12+/m1/s1. The van der Waals surface area contributed by atoms with Crippen molar-refractivity contribution in [2.75, 3.05) is 6.54 Å². The van der Waals surface area contributed by atoms with Gasteiger partial charge in [0.25, 0.3) is 0 Å². The van der Waals surface area contributed by atoms with E-state index < -0.39 is 0 Å². The van der Waals surface area contributed by atoms with E-state index in [-0.39, 0.29) is 6.10 Å². The van der Waals surface area contributed by atoms with Gasteiger partial charge in [-0.3, -0.25) is 0 Å². The molecule has 3 nitrogen and oxygen atoms in total. The van der Waals surface area contributed by atoms with Crippen LogP contribution in [0, 0.1) is 0 Å². The van der Waals surface area contributed by atoms with Crippen LogP contribution in [0.5, 0.6) is 5.88 Å². The van der Waals surface area contributed by atoms with Gasteiger partial charge in [-0.1, -0.05) is 12.6 Å². The van der Waals surface area contributed by atoms with Crippen LogP contribution in [0.4, 0.5) is 0 Å². The smallest absolute Gasteiger partial charge is 0.214 e. The Morgan fingerprint density at radius 2 is 2.29 bits per heavy atom. The van der Waals surface area contributed by atoms with Gasteiger partial charge in [0.1, 0.15) is 6.10 Å². The van der Waals surface area contributed by atoms with Gasteiger partial charge in [0.2, 0.25) is 5.88 Å². The molecular formula is C14H20N2O. The summed E-state index contributed by atoms with van der Waals surface area (Å²) < 4.78 is 5.88. The van der Waals surface area contributed by atoms with Gasteiger partial charge >= 0.3 is 0 Å². The topological polar surface area (TPSA) is 34.1 Å². The lowest BCUT2D eigenvalue weighted by Crippen LogP contribution is -2.42. The van der Waals surface area contributed by atoms with Gasteiger partial charge in [0, 0.05) is 18.7 Å². The van der Waals surface area contributed by atoms with Crippen molar-refractivity contribution in [3.05, 3.63) is 30.5 Å². The Bertz CT molecular complexity index is 395. The Morgan fingerprint density at radius 3 is 2.94 bits per heavy atom. The van der Waals surface area contributed by atoms with Crippen LogP contribution < -0.4 is 10.1 Å². The average molecular weight is 232 g/mol. The van der Waals surface area contributed by atoms with E-state index in [4.69, 9.17) is 4.74 Å². The van der Waals surface area contributed by atoms with E-state index in [1.165, 1.54) is 0 Å². The zero-order valence-electron chi connectivity index (χ0n) is 10.6. The molecule has 0 bridgehead atoms. The minimum Gasteiger partial charge on any atom is -0.473 e. The summed E-state index contributed by atoms with van der Waals surface area (Å²) in [6, 6.07) is 6.43. The number of aromatic nitrogens is 1. The Kier molecular flexibility index (Phi) is 3.79. The molecule has 0 aromatic carbocycles. The molecule has 1 aromatic heterocycles. The molecule has 0 radical (unpaired) electrons. The van der Waals surface area contributed by atoms with Crippen molar-refractivity contribution in [1.29, 1.82) is 0 Å². The summed E-state index contributed by atoms with van der Waals surface area (Å²) >= 11 is 0. The summed E-state index contributed by atoms with van der Waals surface area (Å²) in [5.41, 5.74) is 1.87. The fourth-order valence-electron chi connectivity index (χ4n) is 1.96. The normalized spacial score (nSPS) is 24.4. The van der Waals surface area contributed by atoms with Crippen LogP contribution in [0.1, 0.15) is 32.4 Å². The molecule has 17 heavy (non-hydrogen) atoms. The van der Waals surface area contributed by atoms with Gasteiger partial charge < -0.3 is 10.1 Å². The Hall–Kier alpha value is -1.35. The molecule has 1 aliphatic rings. The molecule has 0 spiro atoms. The first-order chi connectivity index (χ1) is 8.15. The summed E-state index contributed by atoms with van der Waals surface area (Å²) in [4.78, 5) is 4.44. The Labute approximate surface area is 103 Å². The van der Waals surface area contributed by atoms with Gasteiger partial charge in [-0.25, -0.2) is 4.98 Å². The van der Waals surface area contributed by atoms with E-state index in [1.807, 2.05) is 25.1 Å². The Balaban J connectivity index is 1.98. The second-order valence-corrected chi connectivity index (χ2v) is 4.77. The zero-order chi connectivity index (χ0) is 12.3. The van der Waals surface area contributed by atoms with Crippen molar-refractivity contribution in [2.45, 2.75) is 38.8 Å². The van der Waals surface area contributed by atoms with Gasteiger partial charge in [0.05, 0.1) is 5.69 Å². The molecule has 1 fully saturated rings. The number of pyridine rings is 1. The number of allylic oxidation sites excluding steroid dienone is 1. The minimum atomic E-state index is 0.235. The molecule has 1 N–H and O–H groups in total. The van der Waals surface area contributed by atoms with Crippen molar-refractivity contribution in [3.8, 4) is 5.88 Å². The molecule has 0 unspecified atom stereocenters. The highest BCUT2D eigenvalue weighted by atomic mass is 16.5. The highest BCUT2D eigenvalue weighted by Gasteiger charge is 2.19. The molecule has 3 heteroatoms. The third-order valence-electron chi connectivity index (χ3n) is 3.06. The summed E-state index contributed by atoms with van der Waals surface area (Å²) in [7, 11) is 0. The SMILES string of the molecule is C=C(C)c1cccc(O[C@H]2CC[C@@H](C)NC2)n1. The summed E-state index contributed by atoms with van der Waals surface area (Å²) in [6.45, 7) is 8.95. The van der Waals surface area contributed by atoms with E-state index in [2.05, 4.69) is 23.8 Å². The van der Waals surface area contributed by atoms with E-state index in [0.29, 0.717) is 11.9 Å². The van der Waals surface area contributed by atoms with Crippen LogP contribution in [-0.4, -0.2) is 23.7 Å². The molecule has 1 aliphatic heterocycles. The van der Waals surface area contributed by atoms with E-state index >= 15 is 0 Å². The number of ether oxygens (including phenoxy) is 1. The molecule has 2 heterocycles. The van der Waals surface area contributed by atoms with Gasteiger partial charge in [0.15, 0.2) is 0 Å². The average Bonchev–Trinajstić information content (AvgIpc) is 2.32. The van der Waals surface area contributed by atoms with E-state index in [9.17, 15) is 0 Å². The van der Waals surface area contributed by atoms with Crippen LogP contribution >= 0.6 is 0 Å². The van der Waals surface area contributed by atoms with Crippen molar-refractivity contribution in [1.82, 2.24) is 10.3 Å². The highest BCUT2D eigenvalue weighted by molar-refractivity contribution is 5.57. The molecule has 1 aromatic rings. The first-order valence-corrected chi connectivity index (χ1v) is 6.18. The predicted octanol–water partition coefficient (Wildman–Crippen LogP) is 2.63. The molecule has 1 saturated heterocycles. The zero-order valence-corrected chi connectivity index (χ0v) is 10.6. The third-order valence-corrected chi connectivity index (χ3v) is 3.06. The second kappa shape index (κ2) is 5.32. The second-order valence-electron chi connectivity index (χ2n) is 4.77. The lowest BCUT2D eigenvalue weighted by atomic mass is 10.0. The van der Waals surface area contributed by atoms with E-state index in [0.717, 1.165) is 30.7 Å². The van der Waals surface area contributed by atoms with Crippen LogP contribution in [-0.2, 0) is 0 Å². The summed E-state index contributed by atoms with van der Waals surface area (Å²) in [5, 5.41) is 3.42. The number of nitrogens with one attached hydrogen (secondary N) is 1. The van der Waals surface area contributed by atoms with E-state index in [1.54, 1.807) is 0 Å². The largest absolute Gasteiger partial charge is 0.473 e. The van der Waals surface area contributed by atoms with Crippen LogP contribution in [0.2, 0.25) is 0 Å². The molecule has 2 atom stereocenters. The maximum atomic E-state index is 5.88. The fourth-order valence-corrected chi connectivity index (χ4v) is 1.96. The first kappa shape index (κ1) is 12.1. The maximum absolute atomic E-state index is 5.88. The fraction of sp³-hybridized carbons (Fsp3) is 0.500. The molecule has 2 rings (SSSR count). The third kappa shape index (κ3) is 3.30. The molecule has 0 aliphatic carbocycles. The minimum absolute atomic E-state index is 0.235. The lowest BCUT2D eigenvalue weighted by molar-refractivity contribution is 0.146. The predicted molar refractivity (Wildman–Crippen MR) is 70.1 cm³/mol. The summed E-state index contributed by atoms with van der Waals surface area (Å²) in [6.07, 6.45) is 2.48. The maximum Gasteiger partial charge on any atom is 0.214 e. The van der Waals surface area contributed by atoms with Crippen LogP contribution in [0.15, 0.2) is 24.8 Å². The van der Waals surface area contributed by atoms with Crippen LogP contribution in [0.25, 0.3) is 5.57 Å². The van der Waals surface area contributed by atoms with Crippen molar-refractivity contribution in [2.24, 2.45) is 0 Å². The number of hydrogen-bond acceptors (Lipinski definition) is 3. The van der Waals surface area contributed by atoms with Crippen molar-refractivity contribution in [3.63, 3.8) is 0 Å². The number of hydrogen-bond donors (Lipinski definition) is 1. The van der Waals surface area contributed by atoms with Crippen LogP contribution in [0.3, 0.4) is 0 Å². The Morgan fingerprint density at radius 1 is 1.47 bits per heavy atom. The quantitative estimate of drug-likeness (QED) is 0.870. The lowest BCUT2D eigenvalue weighted by Gasteiger charge is -2.27. The van der Waals surface area contributed by atoms with Gasteiger partial charge in [-0.2, -0.15) is 0 Å². The molecule has 0 amide bonds. The summed E-state index contributed by atoms with van der Waals surface area (Å²) in [5.74, 6) is 0.701. The van der Waals surface area contributed by atoms with Gasteiger partial charge in [-0.15, -0.1) is 0 Å². The molecule has 0 saturated carbocycles. The van der Waals surface area contributed by atoms with Crippen molar-refractivity contribution < 1.29 is 4.74 Å². The van der Waals surface area contributed by atoms with Gasteiger partial charge in [-0.05, 0) is 38.3 Å². The number of rotatable bonds is 3. The highest BCUT2D eigenvalue weighted by Crippen LogP contribution is 2.17.